The summed E-state index contributed by atoms with van der Waals surface area (Å²) in [6, 6.07) is 15.9. The van der Waals surface area contributed by atoms with E-state index in [-0.39, 0.29) is 0 Å². The summed E-state index contributed by atoms with van der Waals surface area (Å²) in [5, 5.41) is 4.22. The number of rotatable bonds is 5. The number of benzene rings is 2. The number of hydrogen-bond acceptors (Lipinski definition) is 7. The first-order chi connectivity index (χ1) is 13.3. The van der Waals surface area contributed by atoms with Crippen molar-refractivity contribution in [2.75, 3.05) is 23.3 Å². The lowest BCUT2D eigenvalue weighted by molar-refractivity contribution is 0.453. The molecule has 1 aliphatic rings. The Hall–Kier alpha value is -3.19. The van der Waals surface area contributed by atoms with Gasteiger partial charge in [-0.15, -0.1) is 0 Å². The number of nitrogens with one attached hydrogen (secondary N) is 1. The van der Waals surface area contributed by atoms with Gasteiger partial charge in [0.1, 0.15) is 5.75 Å². The Labute approximate surface area is 160 Å². The van der Waals surface area contributed by atoms with Crippen molar-refractivity contribution in [1.29, 1.82) is 0 Å². The van der Waals surface area contributed by atoms with Crippen LogP contribution in [0, 0.1) is 0 Å². The molecule has 3 heterocycles. The number of nitrogens with zero attached hydrogens (tertiary/aromatic N) is 4. The van der Waals surface area contributed by atoms with Crippen molar-refractivity contribution in [1.82, 2.24) is 15.0 Å². The van der Waals surface area contributed by atoms with Crippen molar-refractivity contribution < 1.29 is 4.74 Å². The highest BCUT2D eigenvalue weighted by molar-refractivity contribution is 7.22. The number of thiazole rings is 1. The molecule has 7 heteroatoms. The molecule has 1 aliphatic heterocycles. The highest BCUT2D eigenvalue weighted by atomic mass is 32.1. The third kappa shape index (κ3) is 3.29. The summed E-state index contributed by atoms with van der Waals surface area (Å²) in [4.78, 5) is 15.5. The van der Waals surface area contributed by atoms with E-state index in [1.54, 1.807) is 23.7 Å². The third-order valence-electron chi connectivity index (χ3n) is 4.42. The SMILES string of the molecule is c1ccc2sc(Nc3ccc(Oc4nccnc4N4CCC4)cc3)nc2c1. The molecule has 134 valence electrons. The lowest BCUT2D eigenvalue weighted by atomic mass is 10.2. The van der Waals surface area contributed by atoms with Crippen LogP contribution in [0.25, 0.3) is 10.2 Å². The maximum atomic E-state index is 5.96. The van der Waals surface area contributed by atoms with Gasteiger partial charge in [0.05, 0.1) is 10.2 Å². The van der Waals surface area contributed by atoms with Gasteiger partial charge in [0.2, 0.25) is 0 Å². The maximum Gasteiger partial charge on any atom is 0.263 e. The molecule has 4 aromatic rings. The Bertz CT molecular complexity index is 1040. The van der Waals surface area contributed by atoms with Crippen LogP contribution >= 0.6 is 11.3 Å². The summed E-state index contributed by atoms with van der Waals surface area (Å²) < 4.78 is 7.13. The predicted octanol–water partition coefficient (Wildman–Crippen LogP) is 4.83. The van der Waals surface area contributed by atoms with Crippen molar-refractivity contribution in [3.05, 3.63) is 60.9 Å². The molecule has 0 saturated carbocycles. The fraction of sp³-hybridized carbons (Fsp3) is 0.150. The second-order valence-corrected chi connectivity index (χ2v) is 7.29. The number of hydrogen-bond donors (Lipinski definition) is 1. The predicted molar refractivity (Wildman–Crippen MR) is 108 cm³/mol. The molecule has 0 aliphatic carbocycles. The van der Waals surface area contributed by atoms with E-state index in [4.69, 9.17) is 4.74 Å². The molecule has 1 N–H and O–H groups in total. The lowest BCUT2D eigenvalue weighted by Crippen LogP contribution is -2.37. The quantitative estimate of drug-likeness (QED) is 0.539. The Morgan fingerprint density at radius 3 is 2.56 bits per heavy atom. The zero-order valence-corrected chi connectivity index (χ0v) is 15.3. The van der Waals surface area contributed by atoms with E-state index in [9.17, 15) is 0 Å². The minimum Gasteiger partial charge on any atom is -0.436 e. The van der Waals surface area contributed by atoms with Crippen LogP contribution in [0.5, 0.6) is 11.6 Å². The minimum atomic E-state index is 0.545. The van der Waals surface area contributed by atoms with Gasteiger partial charge >= 0.3 is 0 Å². The van der Waals surface area contributed by atoms with Gasteiger partial charge in [-0.2, -0.15) is 0 Å². The molecule has 1 saturated heterocycles. The van der Waals surface area contributed by atoms with E-state index in [1.165, 1.54) is 11.1 Å². The first-order valence-corrected chi connectivity index (χ1v) is 9.63. The second-order valence-electron chi connectivity index (χ2n) is 6.26. The first kappa shape index (κ1) is 16.0. The van der Waals surface area contributed by atoms with E-state index >= 15 is 0 Å². The summed E-state index contributed by atoms with van der Waals surface area (Å²) >= 11 is 1.64. The van der Waals surface area contributed by atoms with E-state index in [0.29, 0.717) is 5.88 Å². The van der Waals surface area contributed by atoms with Crippen LogP contribution in [-0.4, -0.2) is 28.0 Å². The normalized spacial score (nSPS) is 13.4. The van der Waals surface area contributed by atoms with E-state index in [0.717, 1.165) is 41.0 Å². The van der Waals surface area contributed by atoms with Crippen molar-refractivity contribution >= 4 is 38.2 Å². The van der Waals surface area contributed by atoms with Gasteiger partial charge in [0.15, 0.2) is 10.9 Å². The molecular weight excluding hydrogens is 358 g/mol. The first-order valence-electron chi connectivity index (χ1n) is 8.82. The molecule has 0 radical (unpaired) electrons. The Morgan fingerprint density at radius 1 is 0.963 bits per heavy atom. The number of para-hydroxylation sites is 1. The van der Waals surface area contributed by atoms with Gasteiger partial charge in [0.25, 0.3) is 5.88 Å². The van der Waals surface area contributed by atoms with Gasteiger partial charge in [-0.3, -0.25) is 0 Å². The molecule has 2 aromatic carbocycles. The Kier molecular flexibility index (Phi) is 4.06. The molecular formula is C20H17N5OS. The molecule has 6 nitrogen and oxygen atoms in total. The lowest BCUT2D eigenvalue weighted by Gasteiger charge is -2.32. The molecule has 27 heavy (non-hydrogen) atoms. The van der Waals surface area contributed by atoms with Crippen molar-refractivity contribution in [3.8, 4) is 11.6 Å². The molecule has 2 aromatic heterocycles. The van der Waals surface area contributed by atoms with E-state index in [2.05, 4.69) is 31.2 Å². The maximum absolute atomic E-state index is 5.96. The topological polar surface area (TPSA) is 63.2 Å². The Morgan fingerprint density at radius 2 is 1.78 bits per heavy atom. The van der Waals surface area contributed by atoms with Crippen LogP contribution in [0.4, 0.5) is 16.6 Å². The number of aromatic nitrogens is 3. The summed E-state index contributed by atoms with van der Waals surface area (Å²) in [6.45, 7) is 2.00. The van der Waals surface area contributed by atoms with Crippen LogP contribution in [0.1, 0.15) is 6.42 Å². The second kappa shape index (κ2) is 6.85. The fourth-order valence-electron chi connectivity index (χ4n) is 2.90. The smallest absolute Gasteiger partial charge is 0.263 e. The van der Waals surface area contributed by atoms with Gasteiger partial charge < -0.3 is 15.0 Å². The molecule has 0 amide bonds. The molecule has 0 unspecified atom stereocenters. The highest BCUT2D eigenvalue weighted by Gasteiger charge is 2.21. The number of fused-ring (bicyclic) bond motifs is 1. The molecule has 0 atom stereocenters. The van der Waals surface area contributed by atoms with Gasteiger partial charge in [0, 0.05) is 31.2 Å². The zero-order chi connectivity index (χ0) is 18.1. The summed E-state index contributed by atoms with van der Waals surface area (Å²) in [5.41, 5.74) is 1.97. The summed E-state index contributed by atoms with van der Waals surface area (Å²) in [7, 11) is 0. The van der Waals surface area contributed by atoms with Crippen LogP contribution in [0.2, 0.25) is 0 Å². The zero-order valence-electron chi connectivity index (χ0n) is 14.5. The standard InChI is InChI=1S/C20H17N5OS/c1-2-5-17-16(4-1)24-20(27-17)23-14-6-8-15(9-7-14)26-19-18(21-10-11-22-19)25-12-3-13-25/h1-2,4-11H,3,12-13H2,(H,23,24). The third-order valence-corrected chi connectivity index (χ3v) is 5.37. The highest BCUT2D eigenvalue weighted by Crippen LogP contribution is 2.32. The number of ether oxygens (including phenoxy) is 1. The average Bonchev–Trinajstić information content (AvgIpc) is 3.06. The van der Waals surface area contributed by atoms with Crippen molar-refractivity contribution in [2.24, 2.45) is 0 Å². The average molecular weight is 375 g/mol. The summed E-state index contributed by atoms with van der Waals surface area (Å²) in [5.74, 6) is 2.08. The summed E-state index contributed by atoms with van der Waals surface area (Å²) in [6.07, 6.45) is 4.54. The molecule has 1 fully saturated rings. The molecule has 0 bridgehead atoms. The largest absolute Gasteiger partial charge is 0.436 e. The fourth-order valence-corrected chi connectivity index (χ4v) is 3.79. The minimum absolute atomic E-state index is 0.545. The van der Waals surface area contributed by atoms with Crippen LogP contribution in [-0.2, 0) is 0 Å². The van der Waals surface area contributed by atoms with Crippen molar-refractivity contribution in [2.45, 2.75) is 6.42 Å². The monoisotopic (exact) mass is 375 g/mol. The Balaban J connectivity index is 1.32. The van der Waals surface area contributed by atoms with Gasteiger partial charge in [-0.25, -0.2) is 15.0 Å². The number of anilines is 3. The van der Waals surface area contributed by atoms with E-state index in [1.807, 2.05) is 42.5 Å². The van der Waals surface area contributed by atoms with Crippen molar-refractivity contribution in [3.63, 3.8) is 0 Å². The molecule has 0 spiro atoms. The van der Waals surface area contributed by atoms with Gasteiger partial charge in [-0.05, 0) is 42.8 Å². The van der Waals surface area contributed by atoms with Gasteiger partial charge in [-0.1, -0.05) is 23.5 Å². The van der Waals surface area contributed by atoms with Crippen LogP contribution < -0.4 is 15.0 Å². The van der Waals surface area contributed by atoms with E-state index < -0.39 is 0 Å². The van der Waals surface area contributed by atoms with Crippen LogP contribution in [0.15, 0.2) is 60.9 Å². The van der Waals surface area contributed by atoms with Crippen LogP contribution in [0.3, 0.4) is 0 Å². The molecule has 5 rings (SSSR count).